The molecule has 0 unspecified atom stereocenters. The average Bonchev–Trinajstić information content (AvgIpc) is 3.21. The predicted molar refractivity (Wildman–Crippen MR) is 136 cm³/mol. The van der Waals surface area contributed by atoms with Crippen LogP contribution in [0.1, 0.15) is 39.9 Å². The third-order valence-corrected chi connectivity index (χ3v) is 6.33. The van der Waals surface area contributed by atoms with Crippen molar-refractivity contribution in [3.8, 4) is 11.1 Å². The fraction of sp³-hybridized carbons (Fsp3) is 0.207. The van der Waals surface area contributed by atoms with Gasteiger partial charge in [-0.3, -0.25) is 0 Å². The van der Waals surface area contributed by atoms with Crippen LogP contribution in [0.25, 0.3) is 33.1 Å². The summed E-state index contributed by atoms with van der Waals surface area (Å²) in [7, 11) is 1.42. The Bertz CT molecular complexity index is 1530. The van der Waals surface area contributed by atoms with Crippen LogP contribution in [-0.4, -0.2) is 27.6 Å². The molecule has 0 spiro atoms. The number of aryl methyl sites for hydroxylation is 3. The molecule has 0 N–H and O–H groups in total. The topological polar surface area (TPSA) is 57.0 Å². The number of benzene rings is 3. The highest BCUT2D eigenvalue weighted by atomic mass is 16.5. The van der Waals surface area contributed by atoms with Crippen molar-refractivity contribution < 1.29 is 9.53 Å². The molecule has 0 aliphatic heterocycles. The summed E-state index contributed by atoms with van der Waals surface area (Å²) >= 11 is 0. The molecule has 0 aliphatic carbocycles. The van der Waals surface area contributed by atoms with Crippen LogP contribution in [0.3, 0.4) is 0 Å². The summed E-state index contributed by atoms with van der Waals surface area (Å²) < 4.78 is 7.28. The van der Waals surface area contributed by atoms with Crippen molar-refractivity contribution in [1.29, 1.82) is 0 Å². The monoisotopic (exact) mass is 449 g/mol. The second-order valence-electron chi connectivity index (χ2n) is 8.62. The van der Waals surface area contributed by atoms with Crippen LogP contribution in [0, 0.1) is 13.8 Å². The normalized spacial score (nSPS) is 11.3. The van der Waals surface area contributed by atoms with Crippen molar-refractivity contribution in [2.75, 3.05) is 7.11 Å². The lowest BCUT2D eigenvalue weighted by Crippen LogP contribution is -2.06. The number of fused-ring (bicyclic) bond motifs is 2. The van der Waals surface area contributed by atoms with Crippen molar-refractivity contribution in [3.63, 3.8) is 0 Å². The molecule has 0 aliphatic rings. The number of imidazole rings is 1. The first-order valence-corrected chi connectivity index (χ1v) is 11.5. The van der Waals surface area contributed by atoms with E-state index in [-0.39, 0.29) is 5.97 Å². The van der Waals surface area contributed by atoms with E-state index in [1.165, 1.54) is 7.11 Å². The smallest absolute Gasteiger partial charge is 0.338 e. The van der Waals surface area contributed by atoms with Crippen LogP contribution in [0.4, 0.5) is 0 Å². The molecule has 5 aromatic rings. The second kappa shape index (κ2) is 8.75. The Kier molecular flexibility index (Phi) is 5.62. The highest BCUT2D eigenvalue weighted by molar-refractivity contribution is 6.08. The van der Waals surface area contributed by atoms with Gasteiger partial charge in [0.05, 0.1) is 19.2 Å². The van der Waals surface area contributed by atoms with Crippen LogP contribution in [-0.2, 0) is 17.7 Å². The fourth-order valence-electron chi connectivity index (χ4n) is 4.71. The van der Waals surface area contributed by atoms with Crippen LogP contribution in [0.2, 0.25) is 0 Å². The Morgan fingerprint density at radius 1 is 0.971 bits per heavy atom. The molecule has 0 fully saturated rings. The Balaban J connectivity index is 1.58. The van der Waals surface area contributed by atoms with Gasteiger partial charge in [0, 0.05) is 17.7 Å². The highest BCUT2D eigenvalue weighted by Crippen LogP contribution is 2.33. The lowest BCUT2D eigenvalue weighted by molar-refractivity contribution is 0.0602. The summed E-state index contributed by atoms with van der Waals surface area (Å²) in [5.41, 5.74) is 7.64. The molecule has 0 bridgehead atoms. The molecular formula is C29H27N3O2. The molecule has 5 nitrogen and oxygen atoms in total. The zero-order chi connectivity index (χ0) is 23.8. The van der Waals surface area contributed by atoms with E-state index in [2.05, 4.69) is 54.8 Å². The minimum absolute atomic E-state index is 0.334. The van der Waals surface area contributed by atoms with Gasteiger partial charge in [0.15, 0.2) is 5.65 Å². The first-order valence-electron chi connectivity index (χ1n) is 11.5. The maximum atomic E-state index is 12.5. The number of esters is 1. The van der Waals surface area contributed by atoms with Crippen LogP contribution >= 0.6 is 0 Å². The molecule has 5 heteroatoms. The zero-order valence-corrected chi connectivity index (χ0v) is 19.9. The van der Waals surface area contributed by atoms with E-state index >= 15 is 0 Å². The zero-order valence-electron chi connectivity index (χ0n) is 19.9. The van der Waals surface area contributed by atoms with Gasteiger partial charge in [-0.25, -0.2) is 14.8 Å². The molecule has 2 aromatic heterocycles. The quantitative estimate of drug-likeness (QED) is 0.297. The summed E-state index contributed by atoms with van der Waals surface area (Å²) in [6, 6.07) is 22.4. The number of nitrogens with zero attached hydrogens (tertiary/aromatic N) is 3. The fourth-order valence-corrected chi connectivity index (χ4v) is 4.71. The van der Waals surface area contributed by atoms with Crippen molar-refractivity contribution in [1.82, 2.24) is 14.5 Å². The first kappa shape index (κ1) is 21.8. The van der Waals surface area contributed by atoms with Crippen LogP contribution in [0.5, 0.6) is 0 Å². The predicted octanol–water partition coefficient (Wildman–Crippen LogP) is 6.27. The van der Waals surface area contributed by atoms with Crippen LogP contribution in [0.15, 0.2) is 66.7 Å². The molecule has 0 atom stereocenters. The number of carbonyl (C=O) groups is 1. The van der Waals surface area contributed by atoms with Gasteiger partial charge in [-0.15, -0.1) is 0 Å². The van der Waals surface area contributed by atoms with Gasteiger partial charge < -0.3 is 9.30 Å². The van der Waals surface area contributed by atoms with Crippen molar-refractivity contribution in [3.05, 3.63) is 94.9 Å². The van der Waals surface area contributed by atoms with E-state index in [9.17, 15) is 4.79 Å². The molecule has 0 radical (unpaired) electrons. The standard InChI is InChI=1S/C29H27N3O2/c1-5-25-31-27-18(2)16-19(3)30-28(27)32(25)17-20-10-12-22(13-11-20)26-23-9-7-6-8-21(23)14-15-24(26)29(33)34-4/h6-16H,5,17H2,1-4H3. The van der Waals surface area contributed by atoms with Gasteiger partial charge in [0.1, 0.15) is 11.3 Å². The molecule has 2 heterocycles. The summed E-state index contributed by atoms with van der Waals surface area (Å²) in [4.78, 5) is 22.2. The number of hydrogen-bond acceptors (Lipinski definition) is 4. The van der Waals surface area contributed by atoms with Gasteiger partial charge in [-0.1, -0.05) is 61.5 Å². The van der Waals surface area contributed by atoms with E-state index in [1.807, 2.05) is 37.3 Å². The minimum Gasteiger partial charge on any atom is -0.465 e. The van der Waals surface area contributed by atoms with E-state index in [0.29, 0.717) is 12.1 Å². The van der Waals surface area contributed by atoms with E-state index in [1.54, 1.807) is 0 Å². The van der Waals surface area contributed by atoms with Crippen molar-refractivity contribution in [2.24, 2.45) is 0 Å². The first-order chi connectivity index (χ1) is 16.5. The summed E-state index contributed by atoms with van der Waals surface area (Å²) in [5.74, 6) is 0.696. The average molecular weight is 450 g/mol. The Morgan fingerprint density at radius 2 is 1.74 bits per heavy atom. The SMILES string of the molecule is CCc1nc2c(C)cc(C)nc2n1Cc1ccc(-c2c(C(=O)OC)ccc3ccccc23)cc1. The highest BCUT2D eigenvalue weighted by Gasteiger charge is 2.17. The number of aromatic nitrogens is 3. The number of methoxy groups -OCH3 is 1. The number of hydrogen-bond donors (Lipinski definition) is 0. The Morgan fingerprint density at radius 3 is 2.47 bits per heavy atom. The number of rotatable bonds is 5. The summed E-state index contributed by atoms with van der Waals surface area (Å²) in [5, 5.41) is 2.12. The lowest BCUT2D eigenvalue weighted by Gasteiger charge is -2.13. The van der Waals surface area contributed by atoms with Crippen LogP contribution < -0.4 is 0 Å². The largest absolute Gasteiger partial charge is 0.465 e. The number of ether oxygens (including phenoxy) is 1. The number of pyridine rings is 1. The molecule has 34 heavy (non-hydrogen) atoms. The van der Waals surface area contributed by atoms with E-state index in [0.717, 1.165) is 62.1 Å². The maximum Gasteiger partial charge on any atom is 0.338 e. The Labute approximate surface area is 199 Å². The van der Waals surface area contributed by atoms with Gasteiger partial charge >= 0.3 is 5.97 Å². The molecule has 170 valence electrons. The minimum atomic E-state index is -0.334. The van der Waals surface area contributed by atoms with E-state index < -0.39 is 0 Å². The van der Waals surface area contributed by atoms with Crippen molar-refractivity contribution in [2.45, 2.75) is 33.7 Å². The molecule has 0 amide bonds. The van der Waals surface area contributed by atoms with Gasteiger partial charge in [-0.05, 0) is 53.4 Å². The third kappa shape index (κ3) is 3.73. The van der Waals surface area contributed by atoms with Crippen molar-refractivity contribution >= 4 is 27.9 Å². The molecular weight excluding hydrogens is 422 g/mol. The maximum absolute atomic E-state index is 12.5. The van der Waals surface area contributed by atoms with E-state index in [4.69, 9.17) is 14.7 Å². The van der Waals surface area contributed by atoms with Gasteiger partial charge in [-0.2, -0.15) is 0 Å². The number of carbonyl (C=O) groups excluding carboxylic acids is 1. The summed E-state index contributed by atoms with van der Waals surface area (Å²) in [6.45, 7) is 6.92. The second-order valence-corrected chi connectivity index (χ2v) is 8.62. The Hall–Kier alpha value is -3.99. The lowest BCUT2D eigenvalue weighted by atomic mass is 9.92. The molecule has 0 saturated carbocycles. The van der Waals surface area contributed by atoms with Gasteiger partial charge in [0.2, 0.25) is 0 Å². The molecule has 3 aromatic carbocycles. The third-order valence-electron chi connectivity index (χ3n) is 6.33. The molecule has 5 rings (SSSR count). The summed E-state index contributed by atoms with van der Waals surface area (Å²) in [6.07, 6.45) is 0.839. The van der Waals surface area contributed by atoms with Gasteiger partial charge in [0.25, 0.3) is 0 Å². The molecule has 0 saturated heterocycles.